The molecule has 0 aliphatic rings. The van der Waals surface area contributed by atoms with Crippen LogP contribution in [0.25, 0.3) is 0 Å². The summed E-state index contributed by atoms with van der Waals surface area (Å²) in [5.41, 5.74) is 2.45. The van der Waals surface area contributed by atoms with Gasteiger partial charge in [0.15, 0.2) is 11.6 Å². The van der Waals surface area contributed by atoms with E-state index in [0.29, 0.717) is 12.0 Å². The second-order valence-corrected chi connectivity index (χ2v) is 4.81. The van der Waals surface area contributed by atoms with E-state index in [2.05, 4.69) is 0 Å². The molecule has 20 heavy (non-hydrogen) atoms. The molecule has 2 aromatic rings. The number of aryl methyl sites for hydroxylation is 1. The van der Waals surface area contributed by atoms with Crippen molar-refractivity contribution in [2.75, 3.05) is 7.11 Å². The quantitative estimate of drug-likeness (QED) is 0.832. The fourth-order valence-electron chi connectivity index (χ4n) is 2.18. The molecule has 0 radical (unpaired) electrons. The van der Waals surface area contributed by atoms with Crippen molar-refractivity contribution >= 4 is 5.78 Å². The van der Waals surface area contributed by atoms with Gasteiger partial charge < -0.3 is 4.74 Å². The van der Waals surface area contributed by atoms with Crippen LogP contribution in [0.3, 0.4) is 0 Å². The second-order valence-electron chi connectivity index (χ2n) is 4.81. The molecule has 0 amide bonds. The SMILES string of the molecule is COc1cccc(CC(=O)Cc2cccc(C)c2)c1F. The third-order valence-electron chi connectivity index (χ3n) is 3.13. The summed E-state index contributed by atoms with van der Waals surface area (Å²) in [4.78, 5) is 12.0. The first-order valence-electron chi connectivity index (χ1n) is 6.49. The van der Waals surface area contributed by atoms with Gasteiger partial charge in [-0.2, -0.15) is 0 Å². The maximum atomic E-state index is 14.0. The Balaban J connectivity index is 2.09. The number of methoxy groups -OCH3 is 1. The van der Waals surface area contributed by atoms with Crippen molar-refractivity contribution in [2.45, 2.75) is 19.8 Å². The number of hydrogen-bond donors (Lipinski definition) is 0. The van der Waals surface area contributed by atoms with Crippen LogP contribution in [-0.2, 0) is 17.6 Å². The van der Waals surface area contributed by atoms with Gasteiger partial charge in [0, 0.05) is 12.8 Å². The number of halogens is 1. The minimum Gasteiger partial charge on any atom is -0.494 e. The van der Waals surface area contributed by atoms with E-state index in [-0.39, 0.29) is 18.0 Å². The maximum Gasteiger partial charge on any atom is 0.168 e. The van der Waals surface area contributed by atoms with Gasteiger partial charge >= 0.3 is 0 Å². The molecule has 0 saturated carbocycles. The highest BCUT2D eigenvalue weighted by Crippen LogP contribution is 2.20. The van der Waals surface area contributed by atoms with Crippen LogP contribution in [0.4, 0.5) is 4.39 Å². The van der Waals surface area contributed by atoms with Crippen LogP contribution in [0.15, 0.2) is 42.5 Å². The predicted octanol–water partition coefficient (Wildman–Crippen LogP) is 3.50. The Bertz CT molecular complexity index is 620. The van der Waals surface area contributed by atoms with E-state index in [9.17, 15) is 9.18 Å². The number of carbonyl (C=O) groups excluding carboxylic acids is 1. The normalized spacial score (nSPS) is 10.3. The summed E-state index contributed by atoms with van der Waals surface area (Å²) in [7, 11) is 1.41. The van der Waals surface area contributed by atoms with Crippen molar-refractivity contribution in [1.82, 2.24) is 0 Å². The summed E-state index contributed by atoms with van der Waals surface area (Å²) < 4.78 is 18.9. The minimum absolute atomic E-state index is 0.0113. The molecule has 2 nitrogen and oxygen atoms in total. The molecular formula is C17H17FO2. The summed E-state index contributed by atoms with van der Waals surface area (Å²) in [5, 5.41) is 0. The first-order valence-corrected chi connectivity index (χ1v) is 6.49. The van der Waals surface area contributed by atoms with Crippen LogP contribution in [-0.4, -0.2) is 12.9 Å². The molecule has 0 aliphatic carbocycles. The van der Waals surface area contributed by atoms with Gasteiger partial charge in [0.25, 0.3) is 0 Å². The number of benzene rings is 2. The number of ketones is 1. The molecule has 0 spiro atoms. The smallest absolute Gasteiger partial charge is 0.168 e. The number of carbonyl (C=O) groups is 1. The first-order chi connectivity index (χ1) is 9.60. The highest BCUT2D eigenvalue weighted by molar-refractivity contribution is 5.83. The predicted molar refractivity (Wildman–Crippen MR) is 76.5 cm³/mol. The Morgan fingerprint density at radius 1 is 1.15 bits per heavy atom. The minimum atomic E-state index is -0.451. The van der Waals surface area contributed by atoms with Gasteiger partial charge in [-0.05, 0) is 24.1 Å². The van der Waals surface area contributed by atoms with E-state index >= 15 is 0 Å². The lowest BCUT2D eigenvalue weighted by molar-refractivity contribution is -0.117. The van der Waals surface area contributed by atoms with Gasteiger partial charge in [-0.1, -0.05) is 42.0 Å². The van der Waals surface area contributed by atoms with Crippen molar-refractivity contribution in [3.05, 3.63) is 65.0 Å². The zero-order valence-electron chi connectivity index (χ0n) is 11.7. The monoisotopic (exact) mass is 272 g/mol. The molecule has 0 bridgehead atoms. The topological polar surface area (TPSA) is 26.3 Å². The number of ether oxygens (including phenoxy) is 1. The lowest BCUT2D eigenvalue weighted by Gasteiger charge is -2.07. The summed E-state index contributed by atoms with van der Waals surface area (Å²) in [5.74, 6) is -0.291. The van der Waals surface area contributed by atoms with E-state index in [1.807, 2.05) is 31.2 Å². The van der Waals surface area contributed by atoms with Gasteiger partial charge in [0.05, 0.1) is 7.11 Å². The van der Waals surface area contributed by atoms with Gasteiger partial charge in [-0.25, -0.2) is 4.39 Å². The Morgan fingerprint density at radius 3 is 2.60 bits per heavy atom. The average Bonchev–Trinajstić information content (AvgIpc) is 2.41. The van der Waals surface area contributed by atoms with Crippen LogP contribution in [0.1, 0.15) is 16.7 Å². The molecule has 0 atom stereocenters. The molecule has 0 N–H and O–H groups in total. The highest BCUT2D eigenvalue weighted by atomic mass is 19.1. The summed E-state index contributed by atoms with van der Waals surface area (Å²) in [6, 6.07) is 12.6. The van der Waals surface area contributed by atoms with Crippen LogP contribution < -0.4 is 4.74 Å². The van der Waals surface area contributed by atoms with Crippen molar-refractivity contribution < 1.29 is 13.9 Å². The lowest BCUT2D eigenvalue weighted by Crippen LogP contribution is -2.08. The Labute approximate surface area is 118 Å². The molecule has 0 aromatic heterocycles. The van der Waals surface area contributed by atoms with Gasteiger partial charge in [0.2, 0.25) is 0 Å². The maximum absolute atomic E-state index is 14.0. The number of rotatable bonds is 5. The van der Waals surface area contributed by atoms with Crippen LogP contribution >= 0.6 is 0 Å². The van der Waals surface area contributed by atoms with E-state index in [0.717, 1.165) is 11.1 Å². The van der Waals surface area contributed by atoms with Crippen LogP contribution in [0.2, 0.25) is 0 Å². The molecule has 0 heterocycles. The summed E-state index contributed by atoms with van der Waals surface area (Å²) in [6.45, 7) is 1.98. The van der Waals surface area contributed by atoms with E-state index in [1.165, 1.54) is 7.11 Å². The number of Topliss-reactive ketones (excluding diaryl/α,β-unsaturated/α-hetero) is 1. The summed E-state index contributed by atoms with van der Waals surface area (Å²) in [6.07, 6.45) is 0.398. The molecule has 0 fully saturated rings. The molecular weight excluding hydrogens is 255 g/mol. The van der Waals surface area contributed by atoms with Crippen molar-refractivity contribution in [1.29, 1.82) is 0 Å². The van der Waals surface area contributed by atoms with E-state index < -0.39 is 5.82 Å². The van der Waals surface area contributed by atoms with E-state index in [4.69, 9.17) is 4.74 Å². The third-order valence-corrected chi connectivity index (χ3v) is 3.13. The lowest BCUT2D eigenvalue weighted by atomic mass is 10.0. The van der Waals surface area contributed by atoms with E-state index in [1.54, 1.807) is 18.2 Å². The fraction of sp³-hybridized carbons (Fsp3) is 0.235. The fourth-order valence-corrected chi connectivity index (χ4v) is 2.18. The van der Waals surface area contributed by atoms with Crippen molar-refractivity contribution in [2.24, 2.45) is 0 Å². The van der Waals surface area contributed by atoms with Gasteiger partial charge in [-0.15, -0.1) is 0 Å². The van der Waals surface area contributed by atoms with Crippen molar-refractivity contribution in [3.8, 4) is 5.75 Å². The van der Waals surface area contributed by atoms with Crippen LogP contribution in [0.5, 0.6) is 5.75 Å². The third kappa shape index (κ3) is 3.44. The zero-order chi connectivity index (χ0) is 14.5. The molecule has 0 saturated heterocycles. The Morgan fingerprint density at radius 2 is 1.90 bits per heavy atom. The van der Waals surface area contributed by atoms with Gasteiger partial charge in [-0.3, -0.25) is 4.79 Å². The molecule has 3 heteroatoms. The summed E-state index contributed by atoms with van der Waals surface area (Å²) >= 11 is 0. The Kier molecular flexibility index (Phi) is 4.51. The average molecular weight is 272 g/mol. The standard InChI is InChI=1S/C17H17FO2/c1-12-5-3-6-13(9-12)10-15(19)11-14-7-4-8-16(20-2)17(14)18/h3-9H,10-11H2,1-2H3. The molecule has 0 aliphatic heterocycles. The molecule has 0 unspecified atom stereocenters. The zero-order valence-corrected chi connectivity index (χ0v) is 11.7. The molecule has 2 rings (SSSR count). The highest BCUT2D eigenvalue weighted by Gasteiger charge is 2.12. The van der Waals surface area contributed by atoms with Crippen LogP contribution in [0, 0.1) is 12.7 Å². The molecule has 2 aromatic carbocycles. The van der Waals surface area contributed by atoms with Crippen molar-refractivity contribution in [3.63, 3.8) is 0 Å². The Hall–Kier alpha value is -2.16. The number of hydrogen-bond acceptors (Lipinski definition) is 2. The first kappa shape index (κ1) is 14.3. The van der Waals surface area contributed by atoms with Gasteiger partial charge in [0.1, 0.15) is 5.78 Å². The second kappa shape index (κ2) is 6.33. The largest absolute Gasteiger partial charge is 0.494 e. The molecule has 104 valence electrons.